The summed E-state index contributed by atoms with van der Waals surface area (Å²) < 4.78 is 13.5. The number of halogens is 1. The Labute approximate surface area is 89.7 Å². The number of nitrogens with zero attached hydrogens (tertiary/aromatic N) is 1. The van der Waals surface area contributed by atoms with Crippen molar-refractivity contribution in [1.29, 1.82) is 0 Å². The molecule has 1 rings (SSSR count). The maximum absolute atomic E-state index is 13.5. The number of benzene rings is 1. The molecule has 0 heterocycles. The number of carbonyl (C=O) groups is 1. The Bertz CT molecular complexity index is 359. The smallest absolute Gasteiger partial charge is 0.164 e. The lowest BCUT2D eigenvalue weighted by Crippen LogP contribution is -2.24. The molecule has 0 fully saturated rings. The molecule has 0 aliphatic heterocycles. The van der Waals surface area contributed by atoms with Gasteiger partial charge in [-0.1, -0.05) is 6.07 Å². The van der Waals surface area contributed by atoms with Crippen LogP contribution in [0.25, 0.3) is 0 Å². The lowest BCUT2D eigenvalue weighted by atomic mass is 10.1. The van der Waals surface area contributed by atoms with E-state index in [0.29, 0.717) is 5.69 Å². The van der Waals surface area contributed by atoms with Gasteiger partial charge in [0.05, 0.1) is 11.3 Å². The van der Waals surface area contributed by atoms with Crippen molar-refractivity contribution in [3.05, 3.63) is 29.6 Å². The molecule has 0 amide bonds. The molecule has 0 aliphatic carbocycles. The highest BCUT2D eigenvalue weighted by Crippen LogP contribution is 2.23. The fourth-order valence-electron chi connectivity index (χ4n) is 1.69. The predicted molar refractivity (Wildman–Crippen MR) is 60.0 cm³/mol. The topological polar surface area (TPSA) is 20.3 Å². The molecule has 1 aromatic rings. The number of hydrogen-bond acceptors (Lipinski definition) is 2. The second kappa shape index (κ2) is 4.91. The van der Waals surface area contributed by atoms with Crippen LogP contribution < -0.4 is 4.90 Å². The molecule has 15 heavy (non-hydrogen) atoms. The quantitative estimate of drug-likeness (QED) is 0.711. The molecule has 0 bridgehead atoms. The summed E-state index contributed by atoms with van der Waals surface area (Å²) in [7, 11) is 0. The zero-order valence-corrected chi connectivity index (χ0v) is 9.38. The van der Waals surface area contributed by atoms with Gasteiger partial charge >= 0.3 is 0 Å². The summed E-state index contributed by atoms with van der Waals surface area (Å²) in [5.41, 5.74) is 0.883. The van der Waals surface area contributed by atoms with E-state index in [2.05, 4.69) is 0 Å². The molecule has 0 aliphatic rings. The van der Waals surface area contributed by atoms with E-state index in [1.54, 1.807) is 12.1 Å². The van der Waals surface area contributed by atoms with Crippen molar-refractivity contribution < 1.29 is 9.18 Å². The number of hydrogen-bond donors (Lipinski definition) is 0. The minimum Gasteiger partial charge on any atom is -0.371 e. The normalized spacial score (nSPS) is 10.1. The molecule has 0 radical (unpaired) electrons. The third kappa shape index (κ3) is 2.35. The van der Waals surface area contributed by atoms with E-state index in [1.165, 1.54) is 13.0 Å². The molecular weight excluding hydrogens is 193 g/mol. The molecule has 0 N–H and O–H groups in total. The van der Waals surface area contributed by atoms with Crippen LogP contribution in [0.15, 0.2) is 18.2 Å². The van der Waals surface area contributed by atoms with Crippen molar-refractivity contribution in [3.63, 3.8) is 0 Å². The molecule has 0 spiro atoms. The highest BCUT2D eigenvalue weighted by Gasteiger charge is 2.15. The molecular formula is C12H16FNO. The van der Waals surface area contributed by atoms with Gasteiger partial charge in [-0.05, 0) is 32.9 Å². The number of ketones is 1. The minimum absolute atomic E-state index is 0.196. The van der Waals surface area contributed by atoms with Crippen LogP contribution in [-0.4, -0.2) is 18.9 Å². The van der Waals surface area contributed by atoms with Crippen molar-refractivity contribution in [2.75, 3.05) is 18.0 Å². The Hall–Kier alpha value is -1.38. The second-order valence-electron chi connectivity index (χ2n) is 3.36. The number of rotatable bonds is 4. The van der Waals surface area contributed by atoms with Crippen LogP contribution in [0.3, 0.4) is 0 Å². The van der Waals surface area contributed by atoms with E-state index in [0.717, 1.165) is 13.1 Å². The van der Waals surface area contributed by atoms with Gasteiger partial charge in [0.15, 0.2) is 5.78 Å². The standard InChI is InChI=1S/C12H16FNO/c1-4-14(5-2)11-8-6-7-10(13)12(11)9(3)15/h6-8H,4-5H2,1-3H3. The maximum Gasteiger partial charge on any atom is 0.164 e. The number of Topliss-reactive ketones (excluding diaryl/α,β-unsaturated/α-hetero) is 1. The average molecular weight is 209 g/mol. The Kier molecular flexibility index (Phi) is 3.83. The van der Waals surface area contributed by atoms with Gasteiger partial charge in [0, 0.05) is 13.1 Å². The van der Waals surface area contributed by atoms with Gasteiger partial charge in [-0.2, -0.15) is 0 Å². The van der Waals surface area contributed by atoms with E-state index >= 15 is 0 Å². The van der Waals surface area contributed by atoms with E-state index in [4.69, 9.17) is 0 Å². The minimum atomic E-state index is -0.438. The molecule has 0 saturated carbocycles. The molecule has 0 atom stereocenters. The van der Waals surface area contributed by atoms with Crippen LogP contribution >= 0.6 is 0 Å². The van der Waals surface area contributed by atoms with Gasteiger partial charge < -0.3 is 4.90 Å². The zero-order chi connectivity index (χ0) is 11.4. The van der Waals surface area contributed by atoms with Crippen LogP contribution in [0.1, 0.15) is 31.1 Å². The van der Waals surface area contributed by atoms with Gasteiger partial charge in [-0.15, -0.1) is 0 Å². The van der Waals surface area contributed by atoms with Crippen molar-refractivity contribution in [1.82, 2.24) is 0 Å². The van der Waals surface area contributed by atoms with Crippen molar-refractivity contribution in [3.8, 4) is 0 Å². The average Bonchev–Trinajstić information content (AvgIpc) is 2.19. The monoisotopic (exact) mass is 209 g/mol. The maximum atomic E-state index is 13.5. The first-order valence-corrected chi connectivity index (χ1v) is 5.16. The van der Waals surface area contributed by atoms with E-state index in [-0.39, 0.29) is 11.3 Å². The second-order valence-corrected chi connectivity index (χ2v) is 3.36. The summed E-state index contributed by atoms with van der Waals surface area (Å²) >= 11 is 0. The van der Waals surface area contributed by atoms with Crippen LogP contribution in [-0.2, 0) is 0 Å². The highest BCUT2D eigenvalue weighted by molar-refractivity contribution is 6.00. The van der Waals surface area contributed by atoms with Crippen molar-refractivity contribution >= 4 is 11.5 Å². The summed E-state index contributed by atoms with van der Waals surface area (Å²) in [4.78, 5) is 13.3. The summed E-state index contributed by atoms with van der Waals surface area (Å²) in [5, 5.41) is 0. The first kappa shape index (κ1) is 11.7. The number of carbonyl (C=O) groups excluding carboxylic acids is 1. The van der Waals surface area contributed by atoms with Crippen molar-refractivity contribution in [2.24, 2.45) is 0 Å². The van der Waals surface area contributed by atoms with E-state index in [9.17, 15) is 9.18 Å². The largest absolute Gasteiger partial charge is 0.371 e. The molecule has 0 unspecified atom stereocenters. The van der Waals surface area contributed by atoms with Crippen LogP contribution in [0.5, 0.6) is 0 Å². The Balaban J connectivity index is 3.27. The molecule has 1 aromatic carbocycles. The van der Waals surface area contributed by atoms with E-state index < -0.39 is 5.82 Å². The van der Waals surface area contributed by atoms with Gasteiger partial charge in [0.25, 0.3) is 0 Å². The van der Waals surface area contributed by atoms with Gasteiger partial charge in [0.1, 0.15) is 5.82 Å². The molecule has 0 saturated heterocycles. The fourth-order valence-corrected chi connectivity index (χ4v) is 1.69. The van der Waals surface area contributed by atoms with Crippen LogP contribution in [0.4, 0.5) is 10.1 Å². The SMILES string of the molecule is CCN(CC)c1cccc(F)c1C(C)=O. The Morgan fingerprint density at radius 3 is 2.40 bits per heavy atom. The summed E-state index contributed by atoms with van der Waals surface area (Å²) in [5.74, 6) is -0.665. The Morgan fingerprint density at radius 2 is 1.93 bits per heavy atom. The van der Waals surface area contributed by atoms with Crippen molar-refractivity contribution in [2.45, 2.75) is 20.8 Å². The first-order chi connectivity index (χ1) is 7.11. The van der Waals surface area contributed by atoms with Gasteiger partial charge in [-0.25, -0.2) is 4.39 Å². The predicted octanol–water partition coefficient (Wildman–Crippen LogP) is 2.87. The molecule has 82 valence electrons. The van der Waals surface area contributed by atoms with Crippen LogP contribution in [0.2, 0.25) is 0 Å². The fraction of sp³-hybridized carbons (Fsp3) is 0.417. The summed E-state index contributed by atoms with van der Waals surface area (Å²) in [6.07, 6.45) is 0. The van der Waals surface area contributed by atoms with E-state index in [1.807, 2.05) is 18.7 Å². The summed E-state index contributed by atoms with van der Waals surface area (Å²) in [6.45, 7) is 6.89. The number of anilines is 1. The third-order valence-corrected chi connectivity index (χ3v) is 2.45. The first-order valence-electron chi connectivity index (χ1n) is 5.16. The highest BCUT2D eigenvalue weighted by atomic mass is 19.1. The molecule has 2 nitrogen and oxygen atoms in total. The summed E-state index contributed by atoms with van der Waals surface area (Å²) in [6, 6.07) is 4.74. The van der Waals surface area contributed by atoms with Gasteiger partial charge in [-0.3, -0.25) is 4.79 Å². The van der Waals surface area contributed by atoms with Crippen LogP contribution in [0, 0.1) is 5.82 Å². The molecule has 3 heteroatoms. The molecule has 0 aromatic heterocycles. The lowest BCUT2D eigenvalue weighted by Gasteiger charge is -2.23. The third-order valence-electron chi connectivity index (χ3n) is 2.45. The van der Waals surface area contributed by atoms with Gasteiger partial charge in [0.2, 0.25) is 0 Å². The lowest BCUT2D eigenvalue weighted by molar-refractivity contribution is 0.101. The Morgan fingerprint density at radius 1 is 1.33 bits per heavy atom. The zero-order valence-electron chi connectivity index (χ0n) is 9.38.